The van der Waals surface area contributed by atoms with Crippen molar-refractivity contribution in [2.75, 3.05) is 24.5 Å². The van der Waals surface area contributed by atoms with Gasteiger partial charge in [0.1, 0.15) is 18.0 Å². The van der Waals surface area contributed by atoms with Gasteiger partial charge in [-0.1, -0.05) is 12.1 Å². The van der Waals surface area contributed by atoms with Crippen molar-refractivity contribution < 1.29 is 4.79 Å². The lowest BCUT2D eigenvalue weighted by molar-refractivity contribution is 0.0714. The Hall–Kier alpha value is -4.30. The van der Waals surface area contributed by atoms with Gasteiger partial charge < -0.3 is 20.5 Å². The van der Waals surface area contributed by atoms with Crippen molar-refractivity contribution in [2.45, 2.75) is 45.7 Å². The van der Waals surface area contributed by atoms with E-state index in [0.717, 1.165) is 94.7 Å². The summed E-state index contributed by atoms with van der Waals surface area (Å²) in [6.45, 7) is 7.10. The lowest BCUT2D eigenvalue weighted by atomic mass is 9.95. The fraction of sp³-hybridized carbons (Fsp3) is 0.312. The number of likely N-dealkylation sites (tertiary alicyclic amines) is 1. The molecule has 1 fully saturated rings. The molecule has 0 bridgehead atoms. The van der Waals surface area contributed by atoms with Crippen LogP contribution >= 0.6 is 0 Å². The summed E-state index contributed by atoms with van der Waals surface area (Å²) in [6, 6.07) is 17.1. The molecule has 0 aliphatic carbocycles. The molecule has 1 amide bonds. The molecule has 0 saturated carbocycles. The number of hydrogen-bond donors (Lipinski definition) is 2. The molecular formula is C32H33N7O. The number of aryl methyl sites for hydroxylation is 2. The lowest BCUT2D eigenvalue weighted by Gasteiger charge is -2.32. The molecule has 40 heavy (non-hydrogen) atoms. The monoisotopic (exact) mass is 531 g/mol. The van der Waals surface area contributed by atoms with Crippen LogP contribution in [0.25, 0.3) is 33.1 Å². The van der Waals surface area contributed by atoms with Crippen molar-refractivity contribution in [1.29, 1.82) is 0 Å². The summed E-state index contributed by atoms with van der Waals surface area (Å²) in [5.41, 5.74) is 15.6. The molecule has 202 valence electrons. The number of fused-ring (bicyclic) bond motifs is 3. The first-order valence-electron chi connectivity index (χ1n) is 14.1. The Kier molecular flexibility index (Phi) is 6.00. The molecule has 0 radical (unpaired) electrons. The van der Waals surface area contributed by atoms with Crippen LogP contribution in [0.1, 0.15) is 45.7 Å². The molecule has 8 heteroatoms. The van der Waals surface area contributed by atoms with Crippen LogP contribution in [-0.4, -0.2) is 56.4 Å². The van der Waals surface area contributed by atoms with Gasteiger partial charge in [-0.15, -0.1) is 0 Å². The molecule has 2 aliphatic rings. The fourth-order valence-corrected chi connectivity index (χ4v) is 6.22. The summed E-state index contributed by atoms with van der Waals surface area (Å²) >= 11 is 0. The zero-order valence-corrected chi connectivity index (χ0v) is 22.9. The Morgan fingerprint density at radius 1 is 0.950 bits per heavy atom. The summed E-state index contributed by atoms with van der Waals surface area (Å²) in [4.78, 5) is 34.8. The van der Waals surface area contributed by atoms with Crippen LogP contribution in [0.3, 0.4) is 0 Å². The number of H-pyrrole nitrogens is 1. The molecule has 8 nitrogen and oxygen atoms in total. The molecule has 2 aromatic heterocycles. The van der Waals surface area contributed by atoms with Gasteiger partial charge in [-0.25, -0.2) is 15.0 Å². The number of anilines is 1. The second kappa shape index (κ2) is 9.71. The molecule has 3 aromatic carbocycles. The summed E-state index contributed by atoms with van der Waals surface area (Å²) in [5.74, 6) is 1.94. The minimum Gasteiger partial charge on any atom is -0.351 e. The van der Waals surface area contributed by atoms with Gasteiger partial charge in [0.15, 0.2) is 0 Å². The topological polar surface area (TPSA) is 104 Å². The molecule has 0 spiro atoms. The van der Waals surface area contributed by atoms with Crippen LogP contribution in [0.2, 0.25) is 0 Å². The highest BCUT2D eigenvalue weighted by Gasteiger charge is 2.25. The van der Waals surface area contributed by atoms with Crippen molar-refractivity contribution in [3.8, 4) is 11.1 Å². The number of imidazole rings is 1. The number of hydrogen-bond acceptors (Lipinski definition) is 6. The Morgan fingerprint density at radius 2 is 1.80 bits per heavy atom. The van der Waals surface area contributed by atoms with Crippen LogP contribution in [-0.2, 0) is 13.0 Å². The van der Waals surface area contributed by atoms with E-state index in [1.54, 1.807) is 6.33 Å². The molecule has 7 rings (SSSR count). The average molecular weight is 532 g/mol. The predicted molar refractivity (Wildman–Crippen MR) is 158 cm³/mol. The first kappa shape index (κ1) is 24.7. The van der Waals surface area contributed by atoms with Gasteiger partial charge in [0.25, 0.3) is 5.91 Å². The van der Waals surface area contributed by atoms with Gasteiger partial charge in [0, 0.05) is 43.2 Å². The van der Waals surface area contributed by atoms with Crippen molar-refractivity contribution in [1.82, 2.24) is 24.8 Å². The van der Waals surface area contributed by atoms with E-state index in [1.807, 2.05) is 17.9 Å². The highest BCUT2D eigenvalue weighted by atomic mass is 16.2. The standard InChI is InChI=1S/C32H33N7O/c1-19-13-24(22-5-6-28-29(16-22)37-20(2)36-28)15-27-30(19)34-18-35-31(27)39-10-7-21-3-4-23(14-25(21)17-39)32(40)38-11-8-26(33)9-12-38/h3-6,13-16,18,26H,7-12,17,33H2,1-2H3,(H,36,37). The van der Waals surface area contributed by atoms with E-state index in [9.17, 15) is 4.79 Å². The van der Waals surface area contributed by atoms with E-state index in [2.05, 4.69) is 69.2 Å². The number of aromatic nitrogens is 4. The number of carbonyl (C=O) groups excluding carboxylic acids is 1. The zero-order valence-electron chi connectivity index (χ0n) is 22.9. The summed E-state index contributed by atoms with van der Waals surface area (Å²) < 4.78 is 0. The van der Waals surface area contributed by atoms with Gasteiger partial charge in [-0.3, -0.25) is 4.79 Å². The molecule has 0 atom stereocenters. The number of aromatic amines is 1. The summed E-state index contributed by atoms with van der Waals surface area (Å²) in [6.07, 6.45) is 4.30. The van der Waals surface area contributed by atoms with Crippen LogP contribution in [0.4, 0.5) is 5.82 Å². The van der Waals surface area contributed by atoms with Crippen LogP contribution in [0, 0.1) is 13.8 Å². The van der Waals surface area contributed by atoms with E-state index < -0.39 is 0 Å². The van der Waals surface area contributed by atoms with Crippen molar-refractivity contribution >= 4 is 33.7 Å². The maximum atomic E-state index is 13.3. The highest BCUT2D eigenvalue weighted by molar-refractivity contribution is 5.96. The minimum absolute atomic E-state index is 0.101. The second-order valence-electron chi connectivity index (χ2n) is 11.2. The third kappa shape index (κ3) is 4.38. The van der Waals surface area contributed by atoms with Gasteiger partial charge in [0.2, 0.25) is 0 Å². The Bertz CT molecular complexity index is 1770. The zero-order chi connectivity index (χ0) is 27.4. The van der Waals surface area contributed by atoms with Crippen molar-refractivity contribution in [2.24, 2.45) is 5.73 Å². The number of nitrogens with one attached hydrogen (secondary N) is 1. The molecule has 3 N–H and O–H groups in total. The third-order valence-corrected chi connectivity index (χ3v) is 8.43. The van der Waals surface area contributed by atoms with Gasteiger partial charge >= 0.3 is 0 Å². The normalized spacial score (nSPS) is 16.1. The highest BCUT2D eigenvalue weighted by Crippen LogP contribution is 2.34. The number of rotatable bonds is 3. The van der Waals surface area contributed by atoms with Gasteiger partial charge in [-0.2, -0.15) is 0 Å². The van der Waals surface area contributed by atoms with Crippen molar-refractivity contribution in [3.63, 3.8) is 0 Å². The second-order valence-corrected chi connectivity index (χ2v) is 11.2. The summed E-state index contributed by atoms with van der Waals surface area (Å²) in [7, 11) is 0. The lowest BCUT2D eigenvalue weighted by Crippen LogP contribution is -2.43. The maximum absolute atomic E-state index is 13.3. The first-order chi connectivity index (χ1) is 19.4. The SMILES string of the molecule is Cc1nc2ccc(-c3cc(C)c4ncnc(N5CCc6ccc(C(=O)N7CCC(N)CC7)cc6C5)c4c3)cc2[nH]1. The Balaban J connectivity index is 1.22. The fourth-order valence-electron chi connectivity index (χ4n) is 6.22. The smallest absolute Gasteiger partial charge is 0.253 e. The largest absolute Gasteiger partial charge is 0.351 e. The third-order valence-electron chi connectivity index (χ3n) is 8.43. The summed E-state index contributed by atoms with van der Waals surface area (Å²) in [5, 5.41) is 1.04. The molecule has 2 aliphatic heterocycles. The average Bonchev–Trinajstić information content (AvgIpc) is 3.35. The van der Waals surface area contributed by atoms with Crippen LogP contribution in [0.15, 0.2) is 54.9 Å². The Labute approximate surface area is 233 Å². The van der Waals surface area contributed by atoms with E-state index >= 15 is 0 Å². The molecule has 5 aromatic rings. The predicted octanol–water partition coefficient (Wildman–Crippen LogP) is 4.92. The van der Waals surface area contributed by atoms with Crippen LogP contribution < -0.4 is 10.6 Å². The van der Waals surface area contributed by atoms with E-state index in [1.165, 1.54) is 11.1 Å². The van der Waals surface area contributed by atoms with E-state index in [-0.39, 0.29) is 11.9 Å². The quantitative estimate of drug-likeness (QED) is 0.343. The van der Waals surface area contributed by atoms with E-state index in [0.29, 0.717) is 6.54 Å². The molecule has 4 heterocycles. The minimum atomic E-state index is 0.101. The van der Waals surface area contributed by atoms with Gasteiger partial charge in [-0.05, 0) is 97.3 Å². The first-order valence-corrected chi connectivity index (χ1v) is 14.1. The number of nitrogens with zero attached hydrogens (tertiary/aromatic N) is 5. The molecule has 1 saturated heterocycles. The molecular weight excluding hydrogens is 498 g/mol. The number of benzene rings is 3. The van der Waals surface area contributed by atoms with Gasteiger partial charge in [0.05, 0.1) is 16.6 Å². The van der Waals surface area contributed by atoms with E-state index in [4.69, 9.17) is 10.7 Å². The molecule has 0 unspecified atom stereocenters. The number of amides is 1. The number of carbonyl (C=O) groups is 1. The maximum Gasteiger partial charge on any atom is 0.253 e. The van der Waals surface area contributed by atoms with Crippen LogP contribution in [0.5, 0.6) is 0 Å². The number of piperidine rings is 1. The Morgan fingerprint density at radius 3 is 2.65 bits per heavy atom. The van der Waals surface area contributed by atoms with Crippen molar-refractivity contribution in [3.05, 3.63) is 82.9 Å². The number of nitrogens with two attached hydrogens (primary N) is 1.